The number of nitrogens with one attached hydrogen (secondary N) is 2. The second kappa shape index (κ2) is 3.62. The van der Waals surface area contributed by atoms with Crippen molar-refractivity contribution in [3.05, 3.63) is 28.8 Å². The van der Waals surface area contributed by atoms with Crippen LogP contribution in [0, 0.1) is 0 Å². The van der Waals surface area contributed by atoms with E-state index in [2.05, 4.69) is 10.7 Å². The molecule has 2 aliphatic rings. The number of benzene rings is 1. The molecule has 0 aliphatic carbocycles. The van der Waals surface area contributed by atoms with Gasteiger partial charge in [-0.1, -0.05) is 11.6 Å². The van der Waals surface area contributed by atoms with Crippen LogP contribution in [-0.2, 0) is 4.79 Å². The lowest BCUT2D eigenvalue weighted by molar-refractivity contribution is -0.131. The van der Waals surface area contributed by atoms with E-state index in [-0.39, 0.29) is 11.8 Å². The molecule has 2 heterocycles. The Bertz CT molecular complexity index is 560. The van der Waals surface area contributed by atoms with E-state index >= 15 is 0 Å². The normalized spacial score (nSPS) is 26.0. The molecule has 0 saturated carbocycles. The Morgan fingerprint density at radius 3 is 2.94 bits per heavy atom. The van der Waals surface area contributed by atoms with Gasteiger partial charge in [0.25, 0.3) is 5.91 Å². The molecule has 1 unspecified atom stereocenters. The minimum absolute atomic E-state index is 0.139. The highest BCUT2D eigenvalue weighted by atomic mass is 35.5. The fraction of sp³-hybridized carbons (Fsp3) is 0.333. The second-order valence-electron chi connectivity index (χ2n) is 4.76. The number of nitrogens with zero attached hydrogens (tertiary/aromatic N) is 1. The number of anilines is 1. The first-order valence-corrected chi connectivity index (χ1v) is 6.09. The Kier molecular flexibility index (Phi) is 2.28. The van der Waals surface area contributed by atoms with Gasteiger partial charge in [-0.15, -0.1) is 0 Å². The summed E-state index contributed by atoms with van der Waals surface area (Å²) in [5, 5.41) is 5.22. The van der Waals surface area contributed by atoms with Crippen LogP contribution in [0.25, 0.3) is 0 Å². The molecule has 0 aromatic heterocycles. The maximum Gasteiger partial charge on any atom is 0.276 e. The minimum atomic E-state index is -0.595. The zero-order valence-corrected chi connectivity index (χ0v) is 10.5. The van der Waals surface area contributed by atoms with Gasteiger partial charge < -0.3 is 5.32 Å². The van der Waals surface area contributed by atoms with Gasteiger partial charge >= 0.3 is 0 Å². The third kappa shape index (κ3) is 1.54. The maximum atomic E-state index is 12.3. The molecule has 2 amide bonds. The molecular weight excluding hydrogens is 254 g/mol. The van der Waals surface area contributed by atoms with Crippen LogP contribution >= 0.6 is 11.6 Å². The van der Waals surface area contributed by atoms with Crippen molar-refractivity contribution >= 4 is 29.1 Å². The summed E-state index contributed by atoms with van der Waals surface area (Å²) in [7, 11) is 0. The van der Waals surface area contributed by atoms with Gasteiger partial charge in [-0.05, 0) is 31.5 Å². The first-order chi connectivity index (χ1) is 8.49. The SMILES string of the molecule is CC12CCC(=O)NN1C(=O)c1ccc(Cl)cc1N2. The number of carbonyl (C=O) groups is 2. The number of rotatable bonds is 0. The highest BCUT2D eigenvalue weighted by Gasteiger charge is 2.45. The summed E-state index contributed by atoms with van der Waals surface area (Å²) in [6, 6.07) is 5.05. The summed E-state index contributed by atoms with van der Waals surface area (Å²) in [5.74, 6) is -0.351. The second-order valence-corrected chi connectivity index (χ2v) is 5.20. The van der Waals surface area contributed by atoms with Crippen molar-refractivity contribution in [2.24, 2.45) is 0 Å². The van der Waals surface area contributed by atoms with Gasteiger partial charge in [0.2, 0.25) is 5.91 Å². The fourth-order valence-electron chi connectivity index (χ4n) is 2.38. The summed E-state index contributed by atoms with van der Waals surface area (Å²) in [6.45, 7) is 1.88. The lowest BCUT2D eigenvalue weighted by atomic mass is 9.96. The summed E-state index contributed by atoms with van der Waals surface area (Å²) < 4.78 is 0. The van der Waals surface area contributed by atoms with Crippen molar-refractivity contribution in [1.29, 1.82) is 0 Å². The number of hydrogen-bond acceptors (Lipinski definition) is 3. The van der Waals surface area contributed by atoms with E-state index in [9.17, 15) is 9.59 Å². The molecule has 0 spiro atoms. The average Bonchev–Trinajstić information content (AvgIpc) is 2.31. The van der Waals surface area contributed by atoms with E-state index < -0.39 is 5.66 Å². The molecule has 0 bridgehead atoms. The van der Waals surface area contributed by atoms with Crippen molar-refractivity contribution in [1.82, 2.24) is 10.4 Å². The van der Waals surface area contributed by atoms with E-state index in [1.165, 1.54) is 5.01 Å². The highest BCUT2D eigenvalue weighted by Crippen LogP contribution is 2.35. The van der Waals surface area contributed by atoms with Crippen LogP contribution in [-0.4, -0.2) is 22.5 Å². The largest absolute Gasteiger partial charge is 0.361 e. The minimum Gasteiger partial charge on any atom is -0.361 e. The third-order valence-electron chi connectivity index (χ3n) is 3.39. The molecule has 5 nitrogen and oxygen atoms in total. The topological polar surface area (TPSA) is 61.4 Å². The quantitative estimate of drug-likeness (QED) is 0.751. The van der Waals surface area contributed by atoms with Gasteiger partial charge in [-0.25, -0.2) is 5.01 Å². The predicted molar refractivity (Wildman–Crippen MR) is 67.0 cm³/mol. The van der Waals surface area contributed by atoms with Gasteiger partial charge in [-0.2, -0.15) is 0 Å². The third-order valence-corrected chi connectivity index (χ3v) is 3.62. The predicted octanol–water partition coefficient (Wildman–Crippen LogP) is 1.75. The number of hydrazine groups is 1. The zero-order chi connectivity index (χ0) is 12.9. The van der Waals surface area contributed by atoms with E-state index in [0.717, 1.165) is 0 Å². The van der Waals surface area contributed by atoms with Crippen LogP contribution in [0.5, 0.6) is 0 Å². The van der Waals surface area contributed by atoms with Gasteiger partial charge in [-0.3, -0.25) is 15.0 Å². The van der Waals surface area contributed by atoms with Gasteiger partial charge in [0.05, 0.1) is 11.3 Å². The van der Waals surface area contributed by atoms with Crippen molar-refractivity contribution in [3.63, 3.8) is 0 Å². The molecule has 2 aliphatic heterocycles. The Labute approximate surface area is 109 Å². The molecule has 3 rings (SSSR count). The lowest BCUT2D eigenvalue weighted by Gasteiger charge is -2.48. The molecule has 2 N–H and O–H groups in total. The Morgan fingerprint density at radius 1 is 1.39 bits per heavy atom. The first-order valence-electron chi connectivity index (χ1n) is 5.71. The molecule has 18 heavy (non-hydrogen) atoms. The smallest absolute Gasteiger partial charge is 0.276 e. The van der Waals surface area contributed by atoms with Crippen molar-refractivity contribution in [3.8, 4) is 0 Å². The summed E-state index contributed by atoms with van der Waals surface area (Å²) in [5.41, 5.74) is 3.24. The Hall–Kier alpha value is -1.75. The average molecular weight is 266 g/mol. The van der Waals surface area contributed by atoms with E-state index in [1.54, 1.807) is 18.2 Å². The van der Waals surface area contributed by atoms with E-state index in [0.29, 0.717) is 29.1 Å². The monoisotopic (exact) mass is 265 g/mol. The standard InChI is InChI=1S/C12H12ClN3O2/c1-12-5-4-10(17)15-16(12)11(18)8-3-2-7(13)6-9(8)14-12/h2-3,6,14H,4-5H2,1H3,(H,15,17). The molecule has 6 heteroatoms. The fourth-order valence-corrected chi connectivity index (χ4v) is 2.56. The van der Waals surface area contributed by atoms with Crippen molar-refractivity contribution in [2.75, 3.05) is 5.32 Å². The first kappa shape index (κ1) is 11.3. The van der Waals surface area contributed by atoms with E-state index in [4.69, 9.17) is 11.6 Å². The van der Waals surface area contributed by atoms with Crippen LogP contribution in [0.3, 0.4) is 0 Å². The van der Waals surface area contributed by atoms with Crippen LogP contribution < -0.4 is 10.7 Å². The zero-order valence-electron chi connectivity index (χ0n) is 9.79. The highest BCUT2D eigenvalue weighted by molar-refractivity contribution is 6.31. The van der Waals surface area contributed by atoms with Gasteiger partial charge in [0.15, 0.2) is 0 Å². The maximum absolute atomic E-state index is 12.3. The Balaban J connectivity index is 2.09. The van der Waals surface area contributed by atoms with Gasteiger partial charge in [0.1, 0.15) is 5.66 Å². The number of carbonyl (C=O) groups excluding carboxylic acids is 2. The molecule has 1 aromatic carbocycles. The Morgan fingerprint density at radius 2 is 2.17 bits per heavy atom. The summed E-state index contributed by atoms with van der Waals surface area (Å²) in [4.78, 5) is 23.8. The summed E-state index contributed by atoms with van der Waals surface area (Å²) >= 11 is 5.93. The van der Waals surface area contributed by atoms with Crippen LogP contribution in [0.1, 0.15) is 30.1 Å². The summed E-state index contributed by atoms with van der Waals surface area (Å²) in [6.07, 6.45) is 0.958. The number of halogens is 1. The molecule has 1 aromatic rings. The van der Waals surface area contributed by atoms with E-state index in [1.807, 2.05) is 6.92 Å². The molecule has 1 atom stereocenters. The van der Waals surface area contributed by atoms with Crippen LogP contribution in [0.2, 0.25) is 5.02 Å². The number of hydrogen-bond donors (Lipinski definition) is 2. The van der Waals surface area contributed by atoms with Crippen molar-refractivity contribution in [2.45, 2.75) is 25.4 Å². The lowest BCUT2D eigenvalue weighted by Crippen LogP contribution is -2.67. The van der Waals surface area contributed by atoms with Gasteiger partial charge in [0, 0.05) is 11.4 Å². The molecule has 1 saturated heterocycles. The molecule has 94 valence electrons. The number of fused-ring (bicyclic) bond motifs is 2. The number of amides is 2. The molecular formula is C12H12ClN3O2. The van der Waals surface area contributed by atoms with Crippen LogP contribution in [0.4, 0.5) is 5.69 Å². The molecule has 1 fully saturated rings. The van der Waals surface area contributed by atoms with Crippen LogP contribution in [0.15, 0.2) is 18.2 Å². The molecule has 0 radical (unpaired) electrons. The van der Waals surface area contributed by atoms with Crippen molar-refractivity contribution < 1.29 is 9.59 Å².